The Kier molecular flexibility index (Phi) is 5.80. The van der Waals surface area contributed by atoms with Crippen molar-refractivity contribution in [3.63, 3.8) is 0 Å². The van der Waals surface area contributed by atoms with E-state index >= 15 is 0 Å². The van der Waals surface area contributed by atoms with Crippen LogP contribution in [-0.4, -0.2) is 15.3 Å². The number of carbonyl (C=O) groups is 1. The summed E-state index contributed by atoms with van der Waals surface area (Å²) in [6.07, 6.45) is 1.55. The Bertz CT molecular complexity index is 1040. The van der Waals surface area contributed by atoms with E-state index in [0.29, 0.717) is 40.6 Å². The fourth-order valence-electron chi connectivity index (χ4n) is 2.75. The SMILES string of the molecule is CCc1cc2c(=O)n(CCC(C)=O)c(Cc3ccc(Cl)cc3Cl)nc2s1. The number of benzene rings is 1. The van der Waals surface area contributed by atoms with E-state index in [-0.39, 0.29) is 11.3 Å². The fraction of sp³-hybridized carbons (Fsp3) is 0.316. The average Bonchev–Trinajstić information content (AvgIpc) is 3.00. The molecular formula is C19H18Cl2N2O2S. The summed E-state index contributed by atoms with van der Waals surface area (Å²) in [6.45, 7) is 3.88. The number of thiophene rings is 1. The zero-order valence-corrected chi connectivity index (χ0v) is 16.8. The van der Waals surface area contributed by atoms with Gasteiger partial charge in [0, 0.05) is 34.3 Å². The summed E-state index contributed by atoms with van der Waals surface area (Å²) in [5.41, 5.74) is 0.735. The summed E-state index contributed by atoms with van der Waals surface area (Å²) in [5, 5.41) is 1.70. The standard InChI is InChI=1S/C19H18Cl2N2O2S/c1-3-14-10-15-18(26-14)22-17(23(19(15)25)7-6-11(2)24)8-12-4-5-13(20)9-16(12)21/h4-5,9-10H,3,6-8H2,1-2H3. The van der Waals surface area contributed by atoms with Crippen molar-refractivity contribution >= 4 is 50.5 Å². The van der Waals surface area contributed by atoms with Gasteiger partial charge in [-0.15, -0.1) is 11.3 Å². The molecule has 0 saturated heterocycles. The van der Waals surface area contributed by atoms with Crippen LogP contribution in [0.3, 0.4) is 0 Å². The molecule has 1 aromatic carbocycles. The van der Waals surface area contributed by atoms with E-state index in [4.69, 9.17) is 28.2 Å². The molecule has 0 N–H and O–H groups in total. The van der Waals surface area contributed by atoms with Crippen molar-refractivity contribution in [2.24, 2.45) is 0 Å². The molecule has 0 radical (unpaired) electrons. The molecule has 0 spiro atoms. The molecule has 136 valence electrons. The maximum Gasteiger partial charge on any atom is 0.262 e. The number of aromatic nitrogens is 2. The molecular weight excluding hydrogens is 391 g/mol. The predicted molar refractivity (Wildman–Crippen MR) is 108 cm³/mol. The average molecular weight is 409 g/mol. The molecule has 0 saturated carbocycles. The van der Waals surface area contributed by atoms with Gasteiger partial charge in [-0.05, 0) is 37.1 Å². The molecule has 3 aromatic rings. The van der Waals surface area contributed by atoms with Crippen LogP contribution in [0.5, 0.6) is 0 Å². The van der Waals surface area contributed by atoms with Crippen LogP contribution < -0.4 is 5.56 Å². The first-order valence-corrected chi connectivity index (χ1v) is 9.91. The van der Waals surface area contributed by atoms with E-state index in [2.05, 4.69) is 0 Å². The molecule has 7 heteroatoms. The third-order valence-corrected chi connectivity index (χ3v) is 5.94. The molecule has 0 unspecified atom stereocenters. The number of fused-ring (bicyclic) bond motifs is 1. The van der Waals surface area contributed by atoms with Gasteiger partial charge < -0.3 is 0 Å². The highest BCUT2D eigenvalue weighted by molar-refractivity contribution is 7.18. The van der Waals surface area contributed by atoms with Gasteiger partial charge >= 0.3 is 0 Å². The summed E-state index contributed by atoms with van der Waals surface area (Å²) in [4.78, 5) is 31.0. The minimum Gasteiger partial charge on any atom is -0.300 e. The molecule has 2 heterocycles. The third-order valence-electron chi connectivity index (χ3n) is 4.18. The van der Waals surface area contributed by atoms with Gasteiger partial charge in [0.05, 0.1) is 5.39 Å². The molecule has 0 aliphatic carbocycles. The lowest BCUT2D eigenvalue weighted by Crippen LogP contribution is -2.26. The molecule has 2 aromatic heterocycles. The maximum absolute atomic E-state index is 13.0. The molecule has 4 nitrogen and oxygen atoms in total. The Morgan fingerprint density at radius 1 is 1.27 bits per heavy atom. The van der Waals surface area contributed by atoms with E-state index in [1.165, 1.54) is 18.3 Å². The highest BCUT2D eigenvalue weighted by Crippen LogP contribution is 2.25. The van der Waals surface area contributed by atoms with Crippen molar-refractivity contribution in [2.45, 2.75) is 39.7 Å². The van der Waals surface area contributed by atoms with Crippen LogP contribution in [0.4, 0.5) is 0 Å². The van der Waals surface area contributed by atoms with Crippen LogP contribution >= 0.6 is 34.5 Å². The summed E-state index contributed by atoms with van der Waals surface area (Å²) in [5.74, 6) is 0.643. The van der Waals surface area contributed by atoms with E-state index in [0.717, 1.165) is 21.7 Å². The lowest BCUT2D eigenvalue weighted by molar-refractivity contribution is -0.117. The lowest BCUT2D eigenvalue weighted by Gasteiger charge is -2.12. The minimum absolute atomic E-state index is 0.0343. The number of ketones is 1. The van der Waals surface area contributed by atoms with E-state index in [1.54, 1.807) is 16.7 Å². The monoisotopic (exact) mass is 408 g/mol. The highest BCUT2D eigenvalue weighted by Gasteiger charge is 2.16. The predicted octanol–water partition coefficient (Wildman–Crippen LogP) is 4.90. The lowest BCUT2D eigenvalue weighted by atomic mass is 10.1. The normalized spacial score (nSPS) is 11.2. The van der Waals surface area contributed by atoms with Crippen molar-refractivity contribution in [2.75, 3.05) is 0 Å². The molecule has 3 rings (SSSR count). The topological polar surface area (TPSA) is 52.0 Å². The summed E-state index contributed by atoms with van der Waals surface area (Å²) >= 11 is 13.8. The van der Waals surface area contributed by atoms with Crippen molar-refractivity contribution in [1.29, 1.82) is 0 Å². The van der Waals surface area contributed by atoms with Gasteiger partial charge in [0.1, 0.15) is 16.4 Å². The number of carbonyl (C=O) groups excluding carboxylic acids is 1. The molecule has 26 heavy (non-hydrogen) atoms. The second-order valence-electron chi connectivity index (χ2n) is 6.13. The molecule has 0 fully saturated rings. The Balaban J connectivity index is 2.12. The fourth-order valence-corrected chi connectivity index (χ4v) is 4.20. The quantitative estimate of drug-likeness (QED) is 0.582. The Labute approximate surface area is 165 Å². The van der Waals surface area contributed by atoms with Gasteiger partial charge in [-0.2, -0.15) is 0 Å². The number of nitrogens with zero attached hydrogens (tertiary/aromatic N) is 2. The Morgan fingerprint density at radius 2 is 2.04 bits per heavy atom. The van der Waals surface area contributed by atoms with Crippen LogP contribution in [0, 0.1) is 0 Å². The molecule has 0 atom stereocenters. The van der Waals surface area contributed by atoms with Crippen LogP contribution in [0.25, 0.3) is 10.2 Å². The zero-order chi connectivity index (χ0) is 18.8. The van der Waals surface area contributed by atoms with Crippen LogP contribution in [0.2, 0.25) is 10.0 Å². The number of aryl methyl sites for hydroxylation is 1. The first-order chi connectivity index (χ1) is 12.4. The van der Waals surface area contributed by atoms with Crippen molar-refractivity contribution in [3.8, 4) is 0 Å². The van der Waals surface area contributed by atoms with E-state index in [9.17, 15) is 9.59 Å². The summed E-state index contributed by atoms with van der Waals surface area (Å²) in [6, 6.07) is 7.18. The minimum atomic E-state index is -0.104. The molecule has 0 aliphatic rings. The molecule has 0 bridgehead atoms. The smallest absolute Gasteiger partial charge is 0.262 e. The van der Waals surface area contributed by atoms with Gasteiger partial charge in [-0.3, -0.25) is 14.2 Å². The first kappa shape index (κ1) is 19.1. The number of rotatable bonds is 6. The number of hydrogen-bond donors (Lipinski definition) is 0. The van der Waals surface area contributed by atoms with Gasteiger partial charge in [-0.1, -0.05) is 36.2 Å². The zero-order valence-electron chi connectivity index (χ0n) is 14.5. The third kappa shape index (κ3) is 4.00. The van der Waals surface area contributed by atoms with Gasteiger partial charge in [-0.25, -0.2) is 4.98 Å². The second kappa shape index (κ2) is 7.91. The number of hydrogen-bond acceptors (Lipinski definition) is 4. The number of Topliss-reactive ketones (excluding diaryl/α,β-unsaturated/α-hetero) is 1. The van der Waals surface area contributed by atoms with Crippen molar-refractivity contribution < 1.29 is 4.79 Å². The Hall–Kier alpha value is -1.69. The second-order valence-corrected chi connectivity index (χ2v) is 8.09. The van der Waals surface area contributed by atoms with Crippen LogP contribution in [-0.2, 0) is 24.2 Å². The van der Waals surface area contributed by atoms with E-state index in [1.807, 2.05) is 19.1 Å². The Morgan fingerprint density at radius 3 is 2.69 bits per heavy atom. The van der Waals surface area contributed by atoms with E-state index < -0.39 is 0 Å². The van der Waals surface area contributed by atoms with Crippen LogP contribution in [0.1, 0.15) is 36.5 Å². The highest BCUT2D eigenvalue weighted by atomic mass is 35.5. The largest absolute Gasteiger partial charge is 0.300 e. The van der Waals surface area contributed by atoms with Crippen LogP contribution in [0.15, 0.2) is 29.1 Å². The summed E-state index contributed by atoms with van der Waals surface area (Å²) < 4.78 is 1.60. The van der Waals surface area contributed by atoms with Crippen molar-refractivity contribution in [1.82, 2.24) is 9.55 Å². The van der Waals surface area contributed by atoms with Gasteiger partial charge in [0.25, 0.3) is 5.56 Å². The molecule has 0 aliphatic heterocycles. The number of halogens is 2. The van der Waals surface area contributed by atoms with Gasteiger partial charge in [0.15, 0.2) is 0 Å². The first-order valence-electron chi connectivity index (χ1n) is 8.34. The van der Waals surface area contributed by atoms with Gasteiger partial charge in [0.2, 0.25) is 0 Å². The molecule has 0 amide bonds. The van der Waals surface area contributed by atoms with Crippen molar-refractivity contribution in [3.05, 3.63) is 60.9 Å². The summed E-state index contributed by atoms with van der Waals surface area (Å²) in [7, 11) is 0. The maximum atomic E-state index is 13.0.